The van der Waals surface area contributed by atoms with E-state index in [0.717, 1.165) is 24.8 Å². The van der Waals surface area contributed by atoms with E-state index in [2.05, 4.69) is 6.92 Å². The largest absolute Gasteiger partial charge is 0.295 e. The van der Waals surface area contributed by atoms with Crippen molar-refractivity contribution in [3.63, 3.8) is 0 Å². The molecule has 1 aliphatic rings. The highest BCUT2D eigenvalue weighted by atomic mass is 32.2. The molecule has 0 saturated heterocycles. The van der Waals surface area contributed by atoms with E-state index in [9.17, 15) is 9.00 Å². The molecule has 0 fully saturated rings. The Morgan fingerprint density at radius 2 is 2.11 bits per heavy atom. The van der Waals surface area contributed by atoms with Gasteiger partial charge in [-0.1, -0.05) is 25.8 Å². The Morgan fingerprint density at radius 3 is 2.56 bits per heavy atom. The van der Waals surface area contributed by atoms with Crippen molar-refractivity contribution < 1.29 is 9.00 Å². The molecule has 3 nitrogen and oxygen atoms in total. The van der Waals surface area contributed by atoms with Gasteiger partial charge in [-0.15, -0.1) is 0 Å². The SMILES string of the molecule is CCCC[C@H]1C(C(C)=O)=CCN1[S@](=O)C(C)(C)C. The van der Waals surface area contributed by atoms with Crippen LogP contribution in [-0.4, -0.2) is 31.6 Å². The maximum atomic E-state index is 12.5. The fourth-order valence-electron chi connectivity index (χ4n) is 2.22. The third kappa shape index (κ3) is 3.51. The minimum absolute atomic E-state index is 0.0440. The first-order valence-corrected chi connectivity index (χ1v) is 7.79. The smallest absolute Gasteiger partial charge is 0.157 e. The summed E-state index contributed by atoms with van der Waals surface area (Å²) in [6.07, 6.45) is 5.03. The molecule has 2 atom stereocenters. The molecule has 0 aromatic carbocycles. The van der Waals surface area contributed by atoms with Crippen LogP contribution in [0.5, 0.6) is 0 Å². The monoisotopic (exact) mass is 271 g/mol. The van der Waals surface area contributed by atoms with Gasteiger partial charge in [0.2, 0.25) is 0 Å². The van der Waals surface area contributed by atoms with Crippen LogP contribution in [0.4, 0.5) is 0 Å². The normalized spacial score (nSPS) is 22.9. The number of rotatable bonds is 5. The van der Waals surface area contributed by atoms with E-state index in [1.165, 1.54) is 0 Å². The van der Waals surface area contributed by atoms with Crippen LogP contribution in [0.25, 0.3) is 0 Å². The molecule has 0 N–H and O–H groups in total. The minimum atomic E-state index is -1.05. The third-order valence-electron chi connectivity index (χ3n) is 3.17. The maximum absolute atomic E-state index is 12.5. The summed E-state index contributed by atoms with van der Waals surface area (Å²) in [4.78, 5) is 11.6. The van der Waals surface area contributed by atoms with E-state index in [0.29, 0.717) is 6.54 Å². The average molecular weight is 271 g/mol. The second-order valence-electron chi connectivity index (χ2n) is 5.83. The van der Waals surface area contributed by atoms with Gasteiger partial charge in [0, 0.05) is 12.1 Å². The second-order valence-corrected chi connectivity index (χ2v) is 8.03. The molecule has 0 aromatic rings. The highest BCUT2D eigenvalue weighted by Crippen LogP contribution is 2.29. The van der Waals surface area contributed by atoms with E-state index in [1.54, 1.807) is 6.92 Å². The summed E-state index contributed by atoms with van der Waals surface area (Å²) >= 11 is 0. The number of ketones is 1. The number of carbonyl (C=O) groups excluding carboxylic acids is 1. The zero-order valence-corrected chi connectivity index (χ0v) is 13.0. The Kier molecular flexibility index (Phi) is 5.29. The Balaban J connectivity index is 2.88. The van der Waals surface area contributed by atoms with Crippen LogP contribution >= 0.6 is 0 Å². The van der Waals surface area contributed by atoms with E-state index < -0.39 is 11.0 Å². The van der Waals surface area contributed by atoms with Crippen LogP contribution in [-0.2, 0) is 15.8 Å². The van der Waals surface area contributed by atoms with Crippen molar-refractivity contribution in [2.24, 2.45) is 0 Å². The van der Waals surface area contributed by atoms with Crippen molar-refractivity contribution in [2.75, 3.05) is 6.54 Å². The van der Waals surface area contributed by atoms with Gasteiger partial charge < -0.3 is 0 Å². The summed E-state index contributed by atoms with van der Waals surface area (Å²) in [7, 11) is -1.05. The number of hydrogen-bond donors (Lipinski definition) is 0. The number of unbranched alkanes of at least 4 members (excludes halogenated alkanes) is 1. The molecule has 0 aliphatic carbocycles. The third-order valence-corrected chi connectivity index (χ3v) is 5.05. The minimum Gasteiger partial charge on any atom is -0.295 e. The molecule has 0 unspecified atom stereocenters. The van der Waals surface area contributed by atoms with Crippen molar-refractivity contribution in [3.8, 4) is 0 Å². The van der Waals surface area contributed by atoms with Gasteiger partial charge in [-0.2, -0.15) is 0 Å². The summed E-state index contributed by atoms with van der Waals surface area (Å²) in [6.45, 7) is 10.3. The van der Waals surface area contributed by atoms with E-state index in [1.807, 2.05) is 31.2 Å². The van der Waals surface area contributed by atoms with Gasteiger partial charge in [-0.25, -0.2) is 8.51 Å². The maximum Gasteiger partial charge on any atom is 0.157 e. The molecule has 1 aliphatic heterocycles. The molecule has 0 saturated carbocycles. The van der Waals surface area contributed by atoms with Crippen LogP contribution in [0.2, 0.25) is 0 Å². The molecule has 104 valence electrons. The molecule has 0 spiro atoms. The zero-order chi connectivity index (χ0) is 13.9. The lowest BCUT2D eigenvalue weighted by atomic mass is 10.0. The molecule has 0 radical (unpaired) electrons. The van der Waals surface area contributed by atoms with Crippen LogP contribution in [0.15, 0.2) is 11.6 Å². The molecule has 1 rings (SSSR count). The van der Waals surface area contributed by atoms with Crippen molar-refractivity contribution >= 4 is 16.8 Å². The predicted octanol–water partition coefficient (Wildman–Crippen LogP) is 2.84. The zero-order valence-electron chi connectivity index (χ0n) is 12.2. The van der Waals surface area contributed by atoms with Gasteiger partial charge in [0.25, 0.3) is 0 Å². The van der Waals surface area contributed by atoms with Gasteiger partial charge >= 0.3 is 0 Å². The summed E-state index contributed by atoms with van der Waals surface area (Å²) < 4.78 is 14.2. The first-order valence-electron chi connectivity index (χ1n) is 6.68. The fraction of sp³-hybridized carbons (Fsp3) is 0.786. The quantitative estimate of drug-likeness (QED) is 0.771. The fourth-order valence-corrected chi connectivity index (χ4v) is 3.58. The highest BCUT2D eigenvalue weighted by Gasteiger charge is 2.36. The van der Waals surface area contributed by atoms with Crippen LogP contribution in [0.1, 0.15) is 53.9 Å². The number of carbonyl (C=O) groups is 1. The first-order chi connectivity index (χ1) is 8.29. The molecular weight excluding hydrogens is 246 g/mol. The molecule has 0 amide bonds. The summed E-state index contributed by atoms with van der Waals surface area (Å²) in [5.41, 5.74) is 0.848. The van der Waals surface area contributed by atoms with E-state index in [4.69, 9.17) is 0 Å². The Morgan fingerprint density at radius 1 is 1.50 bits per heavy atom. The molecular formula is C14H25NO2S. The Bertz CT molecular complexity index is 368. The topological polar surface area (TPSA) is 37.4 Å². The Hall–Kier alpha value is -0.480. The molecule has 4 heteroatoms. The number of Topliss-reactive ketones (excluding diaryl/α,β-unsaturated/α-hetero) is 1. The van der Waals surface area contributed by atoms with E-state index >= 15 is 0 Å². The summed E-state index contributed by atoms with van der Waals surface area (Å²) in [6, 6.07) is 0.0440. The number of nitrogens with zero attached hydrogens (tertiary/aromatic N) is 1. The van der Waals surface area contributed by atoms with Gasteiger partial charge in [-0.05, 0) is 34.1 Å². The second kappa shape index (κ2) is 6.11. The lowest BCUT2D eigenvalue weighted by Crippen LogP contribution is -2.42. The van der Waals surface area contributed by atoms with Crippen LogP contribution < -0.4 is 0 Å². The average Bonchev–Trinajstić information content (AvgIpc) is 2.67. The first kappa shape index (κ1) is 15.6. The molecule has 0 aromatic heterocycles. The summed E-state index contributed by atoms with van der Waals surface area (Å²) in [5.74, 6) is 0.115. The van der Waals surface area contributed by atoms with Crippen molar-refractivity contribution in [1.29, 1.82) is 0 Å². The summed E-state index contributed by atoms with van der Waals surface area (Å²) in [5, 5.41) is 0. The van der Waals surface area contributed by atoms with Gasteiger partial charge in [0.1, 0.15) is 11.0 Å². The van der Waals surface area contributed by atoms with Gasteiger partial charge in [0.15, 0.2) is 5.78 Å². The van der Waals surface area contributed by atoms with Crippen molar-refractivity contribution in [1.82, 2.24) is 4.31 Å². The van der Waals surface area contributed by atoms with Crippen molar-refractivity contribution in [2.45, 2.75) is 64.7 Å². The standard InChI is InChI=1S/C14H25NO2S/c1-6-7-8-13-12(11(2)16)9-10-15(13)18(17)14(3,4)5/h9,13H,6-8,10H2,1-5H3/t13-,18+/m0/s1. The van der Waals surface area contributed by atoms with Crippen LogP contribution in [0, 0.1) is 0 Å². The number of hydrogen-bond acceptors (Lipinski definition) is 2. The van der Waals surface area contributed by atoms with E-state index in [-0.39, 0.29) is 16.6 Å². The Labute approximate surface area is 113 Å². The highest BCUT2D eigenvalue weighted by molar-refractivity contribution is 7.84. The predicted molar refractivity (Wildman–Crippen MR) is 76.7 cm³/mol. The van der Waals surface area contributed by atoms with Crippen molar-refractivity contribution in [3.05, 3.63) is 11.6 Å². The molecule has 0 bridgehead atoms. The molecule has 18 heavy (non-hydrogen) atoms. The van der Waals surface area contributed by atoms with Crippen LogP contribution in [0.3, 0.4) is 0 Å². The van der Waals surface area contributed by atoms with Gasteiger partial charge in [0.05, 0.1) is 10.8 Å². The lowest BCUT2D eigenvalue weighted by Gasteiger charge is -2.31. The molecule has 1 heterocycles. The van der Waals surface area contributed by atoms with Gasteiger partial charge in [-0.3, -0.25) is 4.79 Å². The lowest BCUT2D eigenvalue weighted by molar-refractivity contribution is -0.113.